The number of para-hydroxylation sites is 1. The SMILES string of the molecule is Cc1c(C(=O)O[C@H](C)C(=O)Nc2ccc(C#N)c(Cl)c2)oc2ccccc12. The average molecular weight is 383 g/mol. The maximum atomic E-state index is 12.4. The molecule has 136 valence electrons. The third kappa shape index (κ3) is 3.78. The van der Waals surface area contributed by atoms with E-state index in [-0.39, 0.29) is 10.8 Å². The smallest absolute Gasteiger partial charge is 0.375 e. The summed E-state index contributed by atoms with van der Waals surface area (Å²) >= 11 is 5.94. The lowest BCUT2D eigenvalue weighted by molar-refractivity contribution is -0.123. The van der Waals surface area contributed by atoms with Crippen molar-refractivity contribution < 1.29 is 18.7 Å². The van der Waals surface area contributed by atoms with Gasteiger partial charge in [-0.05, 0) is 38.1 Å². The summed E-state index contributed by atoms with van der Waals surface area (Å²) in [6.07, 6.45) is -1.06. The third-order valence-corrected chi connectivity index (χ3v) is 4.35. The quantitative estimate of drug-likeness (QED) is 0.673. The van der Waals surface area contributed by atoms with E-state index in [1.54, 1.807) is 25.1 Å². The Bertz CT molecular complexity index is 1080. The minimum Gasteiger partial charge on any atom is -0.449 e. The van der Waals surface area contributed by atoms with Crippen LogP contribution in [0.4, 0.5) is 5.69 Å². The Morgan fingerprint density at radius 2 is 2.00 bits per heavy atom. The van der Waals surface area contributed by atoms with Crippen molar-refractivity contribution in [3.05, 3.63) is 64.4 Å². The van der Waals surface area contributed by atoms with Gasteiger partial charge in [0.15, 0.2) is 6.10 Å². The van der Waals surface area contributed by atoms with Crippen LogP contribution in [0.2, 0.25) is 5.02 Å². The van der Waals surface area contributed by atoms with Crippen molar-refractivity contribution in [2.24, 2.45) is 0 Å². The van der Waals surface area contributed by atoms with Gasteiger partial charge in [0.1, 0.15) is 11.7 Å². The van der Waals surface area contributed by atoms with Crippen molar-refractivity contribution in [1.82, 2.24) is 0 Å². The fourth-order valence-corrected chi connectivity index (χ4v) is 2.79. The lowest BCUT2D eigenvalue weighted by Gasteiger charge is -2.13. The number of furan rings is 1. The van der Waals surface area contributed by atoms with Crippen molar-refractivity contribution in [3.8, 4) is 6.07 Å². The topological polar surface area (TPSA) is 92.3 Å². The second-order valence-corrected chi connectivity index (χ2v) is 6.30. The Morgan fingerprint density at radius 1 is 1.26 bits per heavy atom. The molecule has 0 unspecified atom stereocenters. The standard InChI is InChI=1S/C20H15ClN2O4/c1-11-15-5-3-4-6-17(15)27-18(11)20(25)26-12(2)19(24)23-14-8-7-13(10-22)16(21)9-14/h3-9,12H,1-2H3,(H,23,24)/t12-/m1/s1. The van der Waals surface area contributed by atoms with Crippen LogP contribution in [-0.2, 0) is 9.53 Å². The molecule has 27 heavy (non-hydrogen) atoms. The number of nitriles is 1. The molecule has 7 heteroatoms. The fraction of sp³-hybridized carbons (Fsp3) is 0.150. The number of benzene rings is 2. The predicted octanol–water partition coefficient (Wildman–Crippen LogP) is 4.45. The van der Waals surface area contributed by atoms with Gasteiger partial charge in [0, 0.05) is 16.6 Å². The number of aryl methyl sites for hydroxylation is 1. The van der Waals surface area contributed by atoms with E-state index in [4.69, 9.17) is 26.0 Å². The number of rotatable bonds is 4. The van der Waals surface area contributed by atoms with E-state index in [0.29, 0.717) is 22.4 Å². The molecule has 1 aromatic heterocycles. The Balaban J connectivity index is 1.70. The van der Waals surface area contributed by atoms with Gasteiger partial charge in [-0.25, -0.2) is 4.79 Å². The van der Waals surface area contributed by atoms with Gasteiger partial charge < -0.3 is 14.5 Å². The van der Waals surface area contributed by atoms with Crippen molar-refractivity contribution in [2.75, 3.05) is 5.32 Å². The maximum absolute atomic E-state index is 12.4. The second kappa shape index (κ2) is 7.52. The highest BCUT2D eigenvalue weighted by Crippen LogP contribution is 2.26. The summed E-state index contributed by atoms with van der Waals surface area (Å²) in [5, 5.41) is 12.5. The van der Waals surface area contributed by atoms with E-state index in [1.807, 2.05) is 18.2 Å². The largest absolute Gasteiger partial charge is 0.449 e. The summed E-state index contributed by atoms with van der Waals surface area (Å²) in [5.41, 5.74) is 1.93. The number of amides is 1. The molecule has 1 heterocycles. The van der Waals surface area contributed by atoms with Crippen LogP contribution >= 0.6 is 11.6 Å². The zero-order valence-electron chi connectivity index (χ0n) is 14.6. The number of hydrogen-bond donors (Lipinski definition) is 1. The minimum absolute atomic E-state index is 0.0669. The van der Waals surface area contributed by atoms with Crippen LogP contribution in [0.3, 0.4) is 0 Å². The minimum atomic E-state index is -1.06. The van der Waals surface area contributed by atoms with Gasteiger partial charge in [-0.3, -0.25) is 4.79 Å². The van der Waals surface area contributed by atoms with Gasteiger partial charge >= 0.3 is 5.97 Å². The number of carbonyl (C=O) groups excluding carboxylic acids is 2. The summed E-state index contributed by atoms with van der Waals surface area (Å²) in [6, 6.07) is 13.7. The van der Waals surface area contributed by atoms with E-state index in [1.165, 1.54) is 19.1 Å². The Hall–Kier alpha value is -3.30. The lowest BCUT2D eigenvalue weighted by Crippen LogP contribution is -2.30. The lowest BCUT2D eigenvalue weighted by atomic mass is 10.1. The van der Waals surface area contributed by atoms with Crippen molar-refractivity contribution >= 4 is 40.1 Å². The van der Waals surface area contributed by atoms with Gasteiger partial charge in [0.2, 0.25) is 5.76 Å². The fourth-order valence-electron chi connectivity index (χ4n) is 2.56. The molecule has 1 atom stereocenters. The molecule has 0 aliphatic rings. The molecule has 0 radical (unpaired) electrons. The van der Waals surface area contributed by atoms with Crippen LogP contribution in [0.1, 0.15) is 28.6 Å². The van der Waals surface area contributed by atoms with Crippen LogP contribution in [0.25, 0.3) is 11.0 Å². The molecule has 3 rings (SSSR count). The number of carbonyl (C=O) groups is 2. The molecule has 2 aromatic carbocycles. The summed E-state index contributed by atoms with van der Waals surface area (Å²) < 4.78 is 10.8. The normalized spacial score (nSPS) is 11.6. The monoisotopic (exact) mass is 382 g/mol. The Morgan fingerprint density at radius 3 is 2.67 bits per heavy atom. The first kappa shape index (κ1) is 18.5. The molecule has 0 fully saturated rings. The molecule has 0 bridgehead atoms. The number of fused-ring (bicyclic) bond motifs is 1. The van der Waals surface area contributed by atoms with Crippen LogP contribution in [0.5, 0.6) is 0 Å². The van der Waals surface area contributed by atoms with Crippen LogP contribution < -0.4 is 5.32 Å². The van der Waals surface area contributed by atoms with E-state index < -0.39 is 18.0 Å². The number of nitrogens with one attached hydrogen (secondary N) is 1. The van der Waals surface area contributed by atoms with Crippen molar-refractivity contribution in [1.29, 1.82) is 5.26 Å². The zero-order valence-corrected chi connectivity index (χ0v) is 15.3. The molecular weight excluding hydrogens is 368 g/mol. The zero-order chi connectivity index (χ0) is 19.6. The number of esters is 1. The predicted molar refractivity (Wildman–Crippen MR) is 101 cm³/mol. The van der Waals surface area contributed by atoms with Crippen LogP contribution in [0.15, 0.2) is 46.9 Å². The summed E-state index contributed by atoms with van der Waals surface area (Å²) in [5.74, 6) is -1.18. The van der Waals surface area contributed by atoms with E-state index in [9.17, 15) is 9.59 Å². The first-order valence-corrected chi connectivity index (χ1v) is 8.48. The Kier molecular flexibility index (Phi) is 5.15. The maximum Gasteiger partial charge on any atom is 0.375 e. The molecular formula is C20H15ClN2O4. The highest BCUT2D eigenvalue weighted by atomic mass is 35.5. The molecule has 0 aliphatic carbocycles. The van der Waals surface area contributed by atoms with Crippen LogP contribution in [-0.4, -0.2) is 18.0 Å². The molecule has 0 saturated heterocycles. The van der Waals surface area contributed by atoms with Gasteiger partial charge in [0.05, 0.1) is 10.6 Å². The van der Waals surface area contributed by atoms with Crippen molar-refractivity contribution in [3.63, 3.8) is 0 Å². The number of anilines is 1. The first-order valence-electron chi connectivity index (χ1n) is 8.10. The number of halogens is 1. The van der Waals surface area contributed by atoms with E-state index in [0.717, 1.165) is 5.39 Å². The first-order chi connectivity index (χ1) is 12.9. The van der Waals surface area contributed by atoms with Crippen molar-refractivity contribution in [2.45, 2.75) is 20.0 Å². The van der Waals surface area contributed by atoms with Gasteiger partial charge in [-0.1, -0.05) is 29.8 Å². The summed E-state index contributed by atoms with van der Waals surface area (Å²) in [4.78, 5) is 24.7. The van der Waals surface area contributed by atoms with Gasteiger partial charge in [-0.2, -0.15) is 5.26 Å². The summed E-state index contributed by atoms with van der Waals surface area (Å²) in [6.45, 7) is 3.21. The average Bonchev–Trinajstić information content (AvgIpc) is 2.99. The number of nitrogens with zero attached hydrogens (tertiary/aromatic N) is 1. The van der Waals surface area contributed by atoms with Gasteiger partial charge in [0.25, 0.3) is 5.91 Å². The molecule has 0 aliphatic heterocycles. The highest BCUT2D eigenvalue weighted by Gasteiger charge is 2.24. The van der Waals surface area contributed by atoms with Crippen LogP contribution in [0, 0.1) is 18.3 Å². The van der Waals surface area contributed by atoms with E-state index >= 15 is 0 Å². The number of ether oxygens (including phenoxy) is 1. The molecule has 1 amide bonds. The Labute approximate surface area is 160 Å². The third-order valence-electron chi connectivity index (χ3n) is 4.04. The molecule has 6 nitrogen and oxygen atoms in total. The number of hydrogen-bond acceptors (Lipinski definition) is 5. The highest BCUT2D eigenvalue weighted by molar-refractivity contribution is 6.32. The second-order valence-electron chi connectivity index (χ2n) is 5.90. The van der Waals surface area contributed by atoms with E-state index in [2.05, 4.69) is 5.32 Å². The molecule has 0 spiro atoms. The van der Waals surface area contributed by atoms with Gasteiger partial charge in [-0.15, -0.1) is 0 Å². The molecule has 1 N–H and O–H groups in total. The molecule has 0 saturated carbocycles. The molecule has 3 aromatic rings. The summed E-state index contributed by atoms with van der Waals surface area (Å²) in [7, 11) is 0.